The summed E-state index contributed by atoms with van der Waals surface area (Å²) >= 11 is 1.41. The zero-order valence-electron chi connectivity index (χ0n) is 15.3. The average Bonchev–Trinajstić information content (AvgIpc) is 2.74. The number of benzene rings is 3. The molecule has 0 heterocycles. The summed E-state index contributed by atoms with van der Waals surface area (Å²) in [6.07, 6.45) is 0. The van der Waals surface area contributed by atoms with Crippen LogP contribution in [0.4, 0.5) is 11.4 Å². The van der Waals surface area contributed by atoms with Crippen LogP contribution in [0.15, 0.2) is 83.8 Å². The Bertz CT molecular complexity index is 1020. The average molecular weight is 406 g/mol. The summed E-state index contributed by atoms with van der Waals surface area (Å²) in [5, 5.41) is 14.4. The number of amides is 2. The smallest absolute Gasteiger partial charge is 0.335 e. The van der Waals surface area contributed by atoms with Crippen LogP contribution in [0.25, 0.3) is 0 Å². The van der Waals surface area contributed by atoms with Crippen LogP contribution in [0.2, 0.25) is 0 Å². The van der Waals surface area contributed by atoms with Gasteiger partial charge in [0, 0.05) is 10.6 Å². The van der Waals surface area contributed by atoms with Crippen molar-refractivity contribution in [3.8, 4) is 0 Å². The summed E-state index contributed by atoms with van der Waals surface area (Å²) in [5.74, 6) is -1.44. The zero-order chi connectivity index (χ0) is 20.6. The summed E-state index contributed by atoms with van der Waals surface area (Å²) in [6.45, 7) is 0. The molecule has 7 heteroatoms. The molecule has 0 atom stereocenters. The van der Waals surface area contributed by atoms with E-state index in [-0.39, 0.29) is 17.2 Å². The molecule has 0 radical (unpaired) electrons. The summed E-state index contributed by atoms with van der Waals surface area (Å²) < 4.78 is 0. The Labute approximate surface area is 172 Å². The number of carbonyl (C=O) groups excluding carboxylic acids is 2. The van der Waals surface area contributed by atoms with Crippen LogP contribution in [0.1, 0.15) is 20.7 Å². The van der Waals surface area contributed by atoms with Crippen LogP contribution in [-0.2, 0) is 4.79 Å². The highest BCUT2D eigenvalue weighted by Crippen LogP contribution is 2.20. The van der Waals surface area contributed by atoms with Gasteiger partial charge < -0.3 is 15.7 Å². The number of carbonyl (C=O) groups is 3. The van der Waals surface area contributed by atoms with Crippen molar-refractivity contribution >= 4 is 40.9 Å². The van der Waals surface area contributed by atoms with E-state index in [2.05, 4.69) is 10.6 Å². The van der Waals surface area contributed by atoms with Crippen molar-refractivity contribution in [2.45, 2.75) is 4.90 Å². The van der Waals surface area contributed by atoms with E-state index in [0.29, 0.717) is 16.9 Å². The second-order valence-electron chi connectivity index (χ2n) is 6.03. The number of thioether (sulfide) groups is 1. The molecule has 3 N–H and O–H groups in total. The molecule has 0 aliphatic rings. The molecular formula is C22H18N2O4S. The van der Waals surface area contributed by atoms with E-state index in [9.17, 15) is 14.4 Å². The van der Waals surface area contributed by atoms with Crippen LogP contribution in [-0.4, -0.2) is 28.6 Å². The van der Waals surface area contributed by atoms with E-state index in [4.69, 9.17) is 5.11 Å². The first-order valence-electron chi connectivity index (χ1n) is 8.74. The number of carboxylic acid groups (broad SMARTS) is 1. The highest BCUT2D eigenvalue weighted by Gasteiger charge is 2.14. The number of anilines is 2. The van der Waals surface area contributed by atoms with Crippen molar-refractivity contribution in [3.05, 3.63) is 90.0 Å². The zero-order valence-corrected chi connectivity index (χ0v) is 16.1. The second-order valence-corrected chi connectivity index (χ2v) is 7.08. The number of hydrogen-bond donors (Lipinski definition) is 3. The summed E-state index contributed by atoms with van der Waals surface area (Å²) in [7, 11) is 0. The van der Waals surface area contributed by atoms with Crippen LogP contribution < -0.4 is 10.6 Å². The van der Waals surface area contributed by atoms with Crippen LogP contribution in [0.5, 0.6) is 0 Å². The third-order valence-corrected chi connectivity index (χ3v) is 4.96. The maximum Gasteiger partial charge on any atom is 0.335 e. The number of nitrogens with one attached hydrogen (secondary N) is 2. The van der Waals surface area contributed by atoms with E-state index in [1.807, 2.05) is 30.3 Å². The minimum atomic E-state index is -1.04. The Balaban J connectivity index is 1.65. The number of para-hydroxylation sites is 1. The van der Waals surface area contributed by atoms with Gasteiger partial charge in [-0.15, -0.1) is 11.8 Å². The van der Waals surface area contributed by atoms with Crippen molar-refractivity contribution in [2.24, 2.45) is 0 Å². The molecule has 0 spiro atoms. The van der Waals surface area contributed by atoms with Gasteiger partial charge in [0.05, 0.1) is 22.6 Å². The van der Waals surface area contributed by atoms with Gasteiger partial charge in [-0.05, 0) is 48.5 Å². The largest absolute Gasteiger partial charge is 0.478 e. The fourth-order valence-electron chi connectivity index (χ4n) is 2.54. The van der Waals surface area contributed by atoms with Crippen molar-refractivity contribution in [1.82, 2.24) is 0 Å². The van der Waals surface area contributed by atoms with Crippen LogP contribution in [0.3, 0.4) is 0 Å². The van der Waals surface area contributed by atoms with Gasteiger partial charge in [0.25, 0.3) is 5.91 Å². The predicted octanol–water partition coefficient (Wildman–Crippen LogP) is 4.37. The fourth-order valence-corrected chi connectivity index (χ4v) is 3.26. The first-order chi connectivity index (χ1) is 14.0. The molecule has 0 saturated heterocycles. The van der Waals surface area contributed by atoms with Gasteiger partial charge in [0.15, 0.2) is 0 Å². The maximum atomic E-state index is 12.6. The monoisotopic (exact) mass is 406 g/mol. The quantitative estimate of drug-likeness (QED) is 0.507. The minimum Gasteiger partial charge on any atom is -0.478 e. The molecule has 0 aliphatic heterocycles. The molecule has 0 aliphatic carbocycles. The second kappa shape index (κ2) is 9.57. The molecule has 3 aromatic carbocycles. The molecule has 3 rings (SSSR count). The van der Waals surface area contributed by atoms with E-state index in [1.54, 1.807) is 24.3 Å². The van der Waals surface area contributed by atoms with Gasteiger partial charge in [-0.3, -0.25) is 9.59 Å². The van der Waals surface area contributed by atoms with Crippen molar-refractivity contribution in [3.63, 3.8) is 0 Å². The molecule has 0 aromatic heterocycles. The Kier molecular flexibility index (Phi) is 6.65. The van der Waals surface area contributed by atoms with E-state index < -0.39 is 11.9 Å². The SMILES string of the molecule is O=C(CSc1ccccc1)Nc1ccccc1C(=O)Nc1ccc(C(=O)O)cc1. The number of aromatic carboxylic acids is 1. The van der Waals surface area contributed by atoms with Crippen LogP contribution >= 0.6 is 11.8 Å². The lowest BCUT2D eigenvalue weighted by Gasteiger charge is -2.11. The molecule has 0 bridgehead atoms. The number of hydrogen-bond acceptors (Lipinski definition) is 4. The normalized spacial score (nSPS) is 10.2. The van der Waals surface area contributed by atoms with Gasteiger partial charge in [0.1, 0.15) is 0 Å². The summed E-state index contributed by atoms with van der Waals surface area (Å²) in [6, 6.07) is 22.1. The third kappa shape index (κ3) is 5.70. The topological polar surface area (TPSA) is 95.5 Å². The summed E-state index contributed by atoms with van der Waals surface area (Å²) in [4.78, 5) is 36.8. The molecule has 0 unspecified atom stereocenters. The molecule has 0 fully saturated rings. The fraction of sp³-hybridized carbons (Fsp3) is 0.0455. The first kappa shape index (κ1) is 20.2. The molecule has 6 nitrogen and oxygen atoms in total. The number of rotatable bonds is 7. The Morgan fingerprint density at radius 3 is 2.14 bits per heavy atom. The highest BCUT2D eigenvalue weighted by molar-refractivity contribution is 8.00. The van der Waals surface area contributed by atoms with E-state index in [1.165, 1.54) is 36.0 Å². The molecule has 2 amide bonds. The van der Waals surface area contributed by atoms with Gasteiger partial charge in [-0.1, -0.05) is 30.3 Å². The number of carboxylic acids is 1. The Morgan fingerprint density at radius 2 is 1.45 bits per heavy atom. The lowest BCUT2D eigenvalue weighted by Crippen LogP contribution is -2.19. The Morgan fingerprint density at radius 1 is 0.793 bits per heavy atom. The molecule has 29 heavy (non-hydrogen) atoms. The molecule has 0 saturated carbocycles. The minimum absolute atomic E-state index is 0.131. The molecule has 146 valence electrons. The predicted molar refractivity (Wildman–Crippen MR) is 114 cm³/mol. The van der Waals surface area contributed by atoms with Crippen molar-refractivity contribution in [1.29, 1.82) is 0 Å². The highest BCUT2D eigenvalue weighted by atomic mass is 32.2. The van der Waals surface area contributed by atoms with E-state index >= 15 is 0 Å². The van der Waals surface area contributed by atoms with Gasteiger partial charge in [0.2, 0.25) is 5.91 Å². The Hall–Kier alpha value is -3.58. The molecule has 3 aromatic rings. The third-order valence-electron chi connectivity index (χ3n) is 3.95. The van der Waals surface area contributed by atoms with Gasteiger partial charge in [-0.25, -0.2) is 4.79 Å². The standard InChI is InChI=1S/C22H18N2O4S/c25-20(14-29-17-6-2-1-3-7-17)24-19-9-5-4-8-18(19)21(26)23-16-12-10-15(11-13-16)22(27)28/h1-13H,14H2,(H,23,26)(H,24,25)(H,27,28). The lowest BCUT2D eigenvalue weighted by molar-refractivity contribution is -0.113. The maximum absolute atomic E-state index is 12.6. The van der Waals surface area contributed by atoms with Gasteiger partial charge >= 0.3 is 5.97 Å². The molecular weight excluding hydrogens is 388 g/mol. The van der Waals surface area contributed by atoms with E-state index in [0.717, 1.165) is 4.90 Å². The van der Waals surface area contributed by atoms with Crippen LogP contribution in [0, 0.1) is 0 Å². The lowest BCUT2D eigenvalue weighted by atomic mass is 10.1. The van der Waals surface area contributed by atoms with Crippen molar-refractivity contribution in [2.75, 3.05) is 16.4 Å². The van der Waals surface area contributed by atoms with Crippen molar-refractivity contribution < 1.29 is 19.5 Å². The van der Waals surface area contributed by atoms with Gasteiger partial charge in [-0.2, -0.15) is 0 Å². The first-order valence-corrected chi connectivity index (χ1v) is 9.73. The summed E-state index contributed by atoms with van der Waals surface area (Å²) in [5.41, 5.74) is 1.31.